The van der Waals surface area contributed by atoms with Crippen LogP contribution in [0.1, 0.15) is 71.0 Å². The molecule has 1 aromatic carbocycles. The summed E-state index contributed by atoms with van der Waals surface area (Å²) < 4.78 is 63.1. The van der Waals surface area contributed by atoms with Crippen LogP contribution >= 0.6 is 0 Å². The zero-order valence-corrected chi connectivity index (χ0v) is 26.2. The molecule has 4 N–H and O–H groups in total. The van der Waals surface area contributed by atoms with Crippen LogP contribution in [0.4, 0.5) is 26.3 Å². The van der Waals surface area contributed by atoms with Gasteiger partial charge in [-0.3, -0.25) is 15.0 Å². The summed E-state index contributed by atoms with van der Waals surface area (Å²) in [4.78, 5) is 45.6. The van der Waals surface area contributed by atoms with E-state index in [2.05, 4.69) is 34.6 Å². The lowest BCUT2D eigenvalue weighted by molar-refractivity contribution is -0.834. The van der Waals surface area contributed by atoms with E-state index in [1.165, 1.54) is 0 Å². The van der Waals surface area contributed by atoms with Gasteiger partial charge in [-0.25, -0.2) is 4.98 Å². The maximum atomic E-state index is 13.1. The van der Waals surface area contributed by atoms with E-state index in [9.17, 15) is 35.9 Å². The van der Waals surface area contributed by atoms with Gasteiger partial charge < -0.3 is 25.1 Å². The number of aromatic nitrogens is 1. The Kier molecular flexibility index (Phi) is 17.7. The molecule has 0 saturated heterocycles. The number of alkyl halides is 6. The Balaban J connectivity index is 0.00000120. The lowest BCUT2D eigenvalue weighted by atomic mass is 9.98. The van der Waals surface area contributed by atoms with Crippen LogP contribution in [0.2, 0.25) is 0 Å². The van der Waals surface area contributed by atoms with Crippen molar-refractivity contribution in [3.63, 3.8) is 0 Å². The number of unbranched alkanes of at least 4 members (excludes halogenated alkanes) is 2. The van der Waals surface area contributed by atoms with Gasteiger partial charge in [-0.15, -0.1) is 0 Å². The molecule has 258 valence electrons. The Bertz CT molecular complexity index is 1230. The van der Waals surface area contributed by atoms with Crippen molar-refractivity contribution in [3.8, 4) is 11.1 Å². The number of nitrogens with one attached hydrogen (secondary N) is 2. The molecule has 0 bridgehead atoms. The van der Waals surface area contributed by atoms with E-state index in [0.717, 1.165) is 42.5 Å². The van der Waals surface area contributed by atoms with Crippen molar-refractivity contribution >= 4 is 23.6 Å². The summed E-state index contributed by atoms with van der Waals surface area (Å²) in [7, 11) is 3.86. The number of aliphatic carboxylic acids is 2. The summed E-state index contributed by atoms with van der Waals surface area (Å²) in [5, 5.41) is 22.8. The smallest absolute Gasteiger partial charge is 0.430 e. The number of hydrogen-bond donors (Lipinski definition) is 2. The van der Waals surface area contributed by atoms with Gasteiger partial charge in [0.2, 0.25) is 5.69 Å². The molecule has 0 aliphatic heterocycles. The predicted molar refractivity (Wildman–Crippen MR) is 150 cm³/mol. The second kappa shape index (κ2) is 19.5. The van der Waals surface area contributed by atoms with Crippen LogP contribution in [0.15, 0.2) is 48.7 Å². The van der Waals surface area contributed by atoms with Gasteiger partial charge in [-0.2, -0.15) is 31.4 Å². The maximum Gasteiger partial charge on any atom is 0.430 e. The number of ketones is 1. The summed E-state index contributed by atoms with van der Waals surface area (Å²) in [6, 6.07) is 14.3. The maximum absolute atomic E-state index is 13.1. The van der Waals surface area contributed by atoms with E-state index < -0.39 is 29.8 Å². The van der Waals surface area contributed by atoms with E-state index in [0.29, 0.717) is 18.6 Å². The first kappa shape index (κ1) is 42.0. The van der Waals surface area contributed by atoms with E-state index in [1.807, 2.05) is 69.7 Å². The van der Waals surface area contributed by atoms with Gasteiger partial charge in [0.25, 0.3) is 5.91 Å². The molecule has 1 heterocycles. The van der Waals surface area contributed by atoms with Crippen LogP contribution < -0.4 is 25.9 Å². The Morgan fingerprint density at radius 1 is 0.870 bits per heavy atom. The fraction of sp³-hybridized carbons (Fsp3) is 0.500. The number of pyridine rings is 1. The molecule has 0 radical (unpaired) electrons. The molecule has 0 aliphatic rings. The molecule has 0 saturated carbocycles. The molecule has 10 nitrogen and oxygen atoms in total. The van der Waals surface area contributed by atoms with Crippen LogP contribution in [-0.4, -0.2) is 60.6 Å². The van der Waals surface area contributed by atoms with Gasteiger partial charge in [0.15, 0.2) is 11.7 Å². The van der Waals surface area contributed by atoms with E-state index >= 15 is 0 Å². The van der Waals surface area contributed by atoms with Gasteiger partial charge in [0, 0.05) is 52.9 Å². The van der Waals surface area contributed by atoms with Crippen molar-refractivity contribution < 1.29 is 66.1 Å². The highest BCUT2D eigenvalue weighted by molar-refractivity contribution is 5.84. The average Bonchev–Trinajstić information content (AvgIpc) is 2.95. The van der Waals surface area contributed by atoms with Crippen molar-refractivity contribution in [2.24, 2.45) is 0 Å². The zero-order chi connectivity index (χ0) is 35.7. The standard InChI is InChI=1S/C26H38N4O2.2C2HF3O2/c1-6-22(31)15-11-8-12-16-23(28-25(32)26(2,3)29-30(4)5)24-19-21(17-18-27-24)20-13-9-7-10-14-20;2*3-2(4,5)1(6)7/h7,9-10,13-14,17-19,23,29H,6,8,11-12,15-16H2,1-5H3,(H,28,32);2*(H,6,7)/t23-;;/m0../s1. The Labute approximate surface area is 263 Å². The third-order valence-corrected chi connectivity index (χ3v) is 6.08. The second-order valence-electron chi connectivity index (χ2n) is 10.8. The molecule has 0 fully saturated rings. The van der Waals surface area contributed by atoms with Crippen LogP contribution in [0.25, 0.3) is 11.1 Å². The topological polar surface area (TPSA) is 160 Å². The van der Waals surface area contributed by atoms with Gasteiger partial charge >= 0.3 is 12.4 Å². The number of nitrogens with zero attached hydrogens (tertiary/aromatic N) is 1. The zero-order valence-electron chi connectivity index (χ0n) is 26.2. The second-order valence-corrected chi connectivity index (χ2v) is 10.8. The molecule has 2 rings (SSSR count). The number of carboxylic acid groups (broad SMARTS) is 2. The van der Waals surface area contributed by atoms with Crippen LogP contribution in [0.3, 0.4) is 0 Å². The quantitative estimate of drug-likeness (QED) is 0.142. The number of nitrogens with two attached hydrogens (primary N) is 1. The number of amides is 1. The predicted octanol–water partition coefficient (Wildman–Crippen LogP) is 1.67. The molecular weight excluding hydrogens is 626 g/mol. The van der Waals surface area contributed by atoms with Crippen molar-refractivity contribution in [1.82, 2.24) is 10.3 Å². The number of benzene rings is 1. The van der Waals surface area contributed by atoms with Gasteiger partial charge in [-0.05, 0) is 24.0 Å². The fourth-order valence-corrected chi connectivity index (χ4v) is 3.87. The van der Waals surface area contributed by atoms with Crippen LogP contribution in [0.5, 0.6) is 0 Å². The summed E-state index contributed by atoms with van der Waals surface area (Å²) in [5.74, 6) is -5.70. The first-order valence-electron chi connectivity index (χ1n) is 14.1. The molecule has 1 atom stereocenters. The number of hydrogen-bond acceptors (Lipinski definition) is 7. The summed E-state index contributed by atoms with van der Waals surface area (Å²) in [6.45, 7) is 5.77. The third-order valence-electron chi connectivity index (χ3n) is 6.08. The minimum atomic E-state index is -5.19. The fourth-order valence-electron chi connectivity index (χ4n) is 3.87. The van der Waals surface area contributed by atoms with Crippen LogP contribution in [0, 0.1) is 0 Å². The monoisotopic (exact) mass is 666 g/mol. The molecule has 0 aliphatic carbocycles. The molecule has 0 unspecified atom stereocenters. The first-order chi connectivity index (χ1) is 21.1. The van der Waals surface area contributed by atoms with Crippen molar-refractivity contribution in [1.29, 1.82) is 0 Å². The average molecular weight is 667 g/mol. The lowest BCUT2D eigenvalue weighted by Crippen LogP contribution is -3.03. The first-order valence-corrected chi connectivity index (χ1v) is 14.1. The van der Waals surface area contributed by atoms with Crippen molar-refractivity contribution in [2.75, 3.05) is 14.1 Å². The number of aromatic amines is 1. The van der Waals surface area contributed by atoms with Gasteiger partial charge in [0.1, 0.15) is 23.8 Å². The summed E-state index contributed by atoms with van der Waals surface area (Å²) in [6.07, 6.45) is -3.55. The third kappa shape index (κ3) is 17.4. The number of H-pyrrole nitrogens is 1. The number of carboxylic acids is 2. The Hall–Kier alpha value is -4.05. The highest BCUT2D eigenvalue weighted by atomic mass is 19.4. The van der Waals surface area contributed by atoms with Crippen molar-refractivity contribution in [3.05, 3.63) is 54.4 Å². The summed E-state index contributed by atoms with van der Waals surface area (Å²) in [5.41, 5.74) is 4.56. The minimum Gasteiger partial charge on any atom is -0.542 e. The molecule has 2 aromatic rings. The number of quaternary nitrogens is 1. The number of Topliss-reactive ketones (excluding diaryl/α,β-unsaturated/α-hetero) is 1. The highest BCUT2D eigenvalue weighted by Gasteiger charge is 2.35. The normalized spacial score (nSPS) is 12.2. The molecular formula is C30H40F6N4O6. The van der Waals surface area contributed by atoms with E-state index in [4.69, 9.17) is 19.8 Å². The Morgan fingerprint density at radius 3 is 1.85 bits per heavy atom. The number of rotatable bonds is 13. The van der Waals surface area contributed by atoms with E-state index in [-0.39, 0.29) is 11.9 Å². The number of halogens is 6. The highest BCUT2D eigenvalue weighted by Crippen LogP contribution is 2.23. The molecule has 46 heavy (non-hydrogen) atoms. The molecule has 1 aromatic heterocycles. The number of carbonyl (C=O) groups excluding carboxylic acids is 4. The molecule has 0 spiro atoms. The summed E-state index contributed by atoms with van der Waals surface area (Å²) >= 11 is 0. The van der Waals surface area contributed by atoms with Gasteiger partial charge in [0.05, 0.1) is 0 Å². The Morgan fingerprint density at radius 2 is 1.39 bits per heavy atom. The largest absolute Gasteiger partial charge is 0.542 e. The SMILES string of the molecule is CCC(=O)CCCCC[C@H](NC(=O)C(C)(C)[NH2+]N(C)C)c1cc(-c2ccccc2)cc[nH+]1.O=C([O-])C(F)(F)F.O=C([O-])C(F)(F)F. The molecule has 1 amide bonds. The van der Waals surface area contributed by atoms with Gasteiger partial charge in [-0.1, -0.05) is 50.1 Å². The van der Waals surface area contributed by atoms with Crippen molar-refractivity contribution in [2.45, 2.75) is 83.2 Å². The molecule has 16 heteroatoms. The van der Waals surface area contributed by atoms with E-state index in [1.54, 1.807) is 0 Å². The number of carbonyl (C=O) groups is 4. The van der Waals surface area contributed by atoms with Crippen LogP contribution in [-0.2, 0) is 19.2 Å². The lowest BCUT2D eigenvalue weighted by Gasteiger charge is -2.26. The minimum absolute atomic E-state index is 0.00382.